The molecule has 0 fully saturated rings. The van der Waals surface area contributed by atoms with Gasteiger partial charge in [0.2, 0.25) is 0 Å². The number of rotatable bonds is 10. The smallest absolute Gasteiger partial charge is 0.271 e. The lowest BCUT2D eigenvalue weighted by atomic mass is 10.1. The highest BCUT2D eigenvalue weighted by Crippen LogP contribution is 2.26. The van der Waals surface area contributed by atoms with Gasteiger partial charge in [0.1, 0.15) is 28.9 Å². The van der Waals surface area contributed by atoms with Crippen LogP contribution in [-0.2, 0) is 13.0 Å². The molecular formula is C34H37N7O3. The van der Waals surface area contributed by atoms with Crippen molar-refractivity contribution in [1.82, 2.24) is 25.2 Å². The molecule has 44 heavy (non-hydrogen) atoms. The molecule has 3 aromatic carbocycles. The number of aromatic amines is 1. The number of aromatic nitrogens is 3. The van der Waals surface area contributed by atoms with Crippen molar-refractivity contribution >= 4 is 28.5 Å². The number of benzene rings is 3. The number of carbonyl (C=O) groups excluding carboxylic acids is 1. The molecule has 0 spiro atoms. The predicted octanol–water partition coefficient (Wildman–Crippen LogP) is 5.79. The average Bonchev–Trinajstić information content (AvgIpc) is 3.46. The molecular weight excluding hydrogens is 554 g/mol. The van der Waals surface area contributed by atoms with E-state index in [9.17, 15) is 4.79 Å². The molecule has 0 saturated carbocycles. The van der Waals surface area contributed by atoms with E-state index >= 15 is 0 Å². The first kappa shape index (κ1) is 31.4. The highest BCUT2D eigenvalue weighted by atomic mass is 16.5. The largest absolute Gasteiger partial charge is 0.497 e. The SMILES string of the molecule is COc1ccc(CN(C(=N)CCc2ccccc2)C(=N)CNC(=O)c2cnccn2)c(OC)c1.Cc1c[nH]c2ccccc12. The Morgan fingerprint density at radius 1 is 0.955 bits per heavy atom. The van der Waals surface area contributed by atoms with E-state index in [0.29, 0.717) is 24.3 Å². The summed E-state index contributed by atoms with van der Waals surface area (Å²) >= 11 is 0. The van der Waals surface area contributed by atoms with Crippen molar-refractivity contribution in [3.05, 3.63) is 120 Å². The Balaban J connectivity index is 0.000000369. The molecule has 226 valence electrons. The Bertz CT molecular complexity index is 1690. The molecule has 10 heteroatoms. The van der Waals surface area contributed by atoms with E-state index in [0.717, 1.165) is 11.1 Å². The first-order chi connectivity index (χ1) is 21.4. The fraction of sp³-hybridized carbons (Fsp3) is 0.206. The van der Waals surface area contributed by atoms with Gasteiger partial charge in [-0.1, -0.05) is 48.5 Å². The van der Waals surface area contributed by atoms with E-state index < -0.39 is 5.91 Å². The molecule has 0 aliphatic heterocycles. The average molecular weight is 592 g/mol. The van der Waals surface area contributed by atoms with Crippen LogP contribution in [-0.4, -0.2) is 58.2 Å². The third-order valence-corrected chi connectivity index (χ3v) is 6.98. The number of ether oxygens (including phenoxy) is 2. The lowest BCUT2D eigenvalue weighted by molar-refractivity contribution is 0.0953. The Morgan fingerprint density at radius 3 is 2.43 bits per heavy atom. The fourth-order valence-electron chi connectivity index (χ4n) is 4.53. The highest BCUT2D eigenvalue weighted by Gasteiger charge is 2.19. The molecule has 0 atom stereocenters. The summed E-state index contributed by atoms with van der Waals surface area (Å²) in [5, 5.41) is 21.4. The van der Waals surface area contributed by atoms with E-state index in [1.165, 1.54) is 35.1 Å². The van der Waals surface area contributed by atoms with E-state index in [2.05, 4.69) is 45.4 Å². The minimum absolute atomic E-state index is 0.0679. The third-order valence-electron chi connectivity index (χ3n) is 6.98. The second kappa shape index (κ2) is 15.6. The minimum Gasteiger partial charge on any atom is -0.497 e. The first-order valence-electron chi connectivity index (χ1n) is 14.1. The normalized spacial score (nSPS) is 10.3. The first-order valence-corrected chi connectivity index (χ1v) is 14.1. The van der Waals surface area contributed by atoms with Crippen LogP contribution >= 0.6 is 0 Å². The monoisotopic (exact) mass is 591 g/mol. The molecule has 1 amide bonds. The summed E-state index contributed by atoms with van der Waals surface area (Å²) in [7, 11) is 3.14. The molecule has 2 heterocycles. The third kappa shape index (κ3) is 8.51. The maximum absolute atomic E-state index is 12.4. The number of H-pyrrole nitrogens is 1. The van der Waals surface area contributed by atoms with E-state index in [-0.39, 0.29) is 30.5 Å². The van der Waals surface area contributed by atoms with Crippen LogP contribution in [0.15, 0.2) is 97.6 Å². The standard InChI is InChI=1S/C25H28N6O3.C9H9N/c1-33-20-10-9-19(22(14-20)34-2)17-31(23(26)11-8-18-6-4-3-5-7-18)24(27)16-30-25(32)21-15-28-12-13-29-21;1-7-6-10-9-5-3-2-4-8(7)9/h3-7,9-10,12-15,26-27H,8,11,16-17H2,1-2H3,(H,30,32);2-6,10H,1H3. The lowest BCUT2D eigenvalue weighted by Gasteiger charge is -2.27. The second-order valence-electron chi connectivity index (χ2n) is 9.93. The van der Waals surface area contributed by atoms with Gasteiger partial charge >= 0.3 is 0 Å². The van der Waals surface area contributed by atoms with Crippen LogP contribution in [0.5, 0.6) is 11.5 Å². The Hall–Kier alpha value is -5.51. The summed E-state index contributed by atoms with van der Waals surface area (Å²) < 4.78 is 10.8. The van der Waals surface area contributed by atoms with Crippen LogP contribution in [0.1, 0.15) is 33.6 Å². The van der Waals surface area contributed by atoms with Gasteiger partial charge in [0.25, 0.3) is 5.91 Å². The number of hydrogen-bond donors (Lipinski definition) is 4. The maximum Gasteiger partial charge on any atom is 0.271 e. The van der Waals surface area contributed by atoms with Crippen molar-refractivity contribution < 1.29 is 14.3 Å². The van der Waals surface area contributed by atoms with Crippen LogP contribution in [0, 0.1) is 17.7 Å². The van der Waals surface area contributed by atoms with Crippen LogP contribution in [0.25, 0.3) is 10.9 Å². The number of nitrogens with zero attached hydrogens (tertiary/aromatic N) is 3. The zero-order valence-corrected chi connectivity index (χ0v) is 25.1. The molecule has 0 aliphatic carbocycles. The summed E-state index contributed by atoms with van der Waals surface area (Å²) in [6.07, 6.45) is 7.41. The van der Waals surface area contributed by atoms with E-state index in [1.54, 1.807) is 25.2 Å². The Kier molecular flexibility index (Phi) is 11.2. The van der Waals surface area contributed by atoms with Gasteiger partial charge in [-0.05, 0) is 42.7 Å². The van der Waals surface area contributed by atoms with E-state index in [1.807, 2.05) is 54.7 Å². The summed E-state index contributed by atoms with van der Waals surface area (Å²) in [4.78, 5) is 25.0. The summed E-state index contributed by atoms with van der Waals surface area (Å²) in [6.45, 7) is 2.28. The molecule has 10 nitrogen and oxygen atoms in total. The van der Waals surface area contributed by atoms with Crippen LogP contribution in [0.4, 0.5) is 0 Å². The fourth-order valence-corrected chi connectivity index (χ4v) is 4.53. The van der Waals surface area contributed by atoms with Gasteiger partial charge in [0.05, 0.1) is 33.5 Å². The van der Waals surface area contributed by atoms with Crippen LogP contribution in [0.2, 0.25) is 0 Å². The molecule has 0 bridgehead atoms. The molecule has 4 N–H and O–H groups in total. The minimum atomic E-state index is -0.435. The van der Waals surface area contributed by atoms with Crippen molar-refractivity contribution in [2.24, 2.45) is 0 Å². The molecule has 0 radical (unpaired) electrons. The molecule has 0 saturated heterocycles. The Labute approximate surface area is 257 Å². The van der Waals surface area contributed by atoms with Crippen molar-refractivity contribution in [3.8, 4) is 11.5 Å². The van der Waals surface area contributed by atoms with Crippen molar-refractivity contribution in [1.29, 1.82) is 10.8 Å². The summed E-state index contributed by atoms with van der Waals surface area (Å²) in [6, 6.07) is 23.6. The van der Waals surface area contributed by atoms with Gasteiger partial charge in [-0.15, -0.1) is 0 Å². The number of fused-ring (bicyclic) bond motifs is 1. The number of carbonyl (C=O) groups is 1. The molecule has 2 aromatic heterocycles. The van der Waals surface area contributed by atoms with Crippen molar-refractivity contribution in [3.63, 3.8) is 0 Å². The molecule has 0 aliphatic rings. The number of para-hydroxylation sites is 1. The Morgan fingerprint density at radius 2 is 1.73 bits per heavy atom. The van der Waals surface area contributed by atoms with Gasteiger partial charge in [0.15, 0.2) is 0 Å². The van der Waals surface area contributed by atoms with Crippen LogP contribution in [0.3, 0.4) is 0 Å². The van der Waals surface area contributed by atoms with Gasteiger partial charge in [0, 0.05) is 47.5 Å². The number of nitrogens with one attached hydrogen (secondary N) is 4. The number of hydrogen-bond acceptors (Lipinski definition) is 7. The number of methoxy groups -OCH3 is 2. The highest BCUT2D eigenvalue weighted by molar-refractivity contribution is 6.01. The van der Waals surface area contributed by atoms with Crippen molar-refractivity contribution in [2.75, 3.05) is 20.8 Å². The van der Waals surface area contributed by atoms with Gasteiger partial charge < -0.3 is 24.7 Å². The second-order valence-corrected chi connectivity index (χ2v) is 9.93. The molecule has 5 aromatic rings. The number of aryl methyl sites for hydroxylation is 2. The molecule has 5 rings (SSSR count). The van der Waals surface area contributed by atoms with Gasteiger partial charge in [-0.3, -0.25) is 20.6 Å². The summed E-state index contributed by atoms with van der Waals surface area (Å²) in [5.41, 5.74) is 4.60. The maximum atomic E-state index is 12.4. The van der Waals surface area contributed by atoms with Crippen LogP contribution < -0.4 is 14.8 Å². The topological polar surface area (TPSA) is 140 Å². The van der Waals surface area contributed by atoms with Gasteiger partial charge in [-0.25, -0.2) is 4.98 Å². The van der Waals surface area contributed by atoms with Crippen molar-refractivity contribution in [2.45, 2.75) is 26.3 Å². The zero-order chi connectivity index (χ0) is 31.3. The number of amides is 1. The molecule has 0 unspecified atom stereocenters. The lowest BCUT2D eigenvalue weighted by Crippen LogP contribution is -2.42. The number of amidine groups is 2. The summed E-state index contributed by atoms with van der Waals surface area (Å²) in [5.74, 6) is 1.15. The predicted molar refractivity (Wildman–Crippen MR) is 173 cm³/mol. The van der Waals surface area contributed by atoms with Gasteiger partial charge in [-0.2, -0.15) is 0 Å². The zero-order valence-electron chi connectivity index (χ0n) is 25.1. The van der Waals surface area contributed by atoms with E-state index in [4.69, 9.17) is 20.3 Å². The quantitative estimate of drug-likeness (QED) is 0.120.